The number of hydrogen-bond acceptors (Lipinski definition) is 4. The number of nitrogens with zero attached hydrogens (tertiary/aromatic N) is 1. The van der Waals surface area contributed by atoms with Crippen LogP contribution in [0.15, 0.2) is 35.7 Å². The van der Waals surface area contributed by atoms with Gasteiger partial charge in [-0.15, -0.1) is 11.3 Å². The van der Waals surface area contributed by atoms with Gasteiger partial charge in [0.25, 0.3) is 0 Å². The fraction of sp³-hybridized carbons (Fsp3) is 0.357. The van der Waals surface area contributed by atoms with E-state index in [4.69, 9.17) is 4.74 Å². The molecule has 0 fully saturated rings. The van der Waals surface area contributed by atoms with E-state index >= 15 is 0 Å². The molecule has 1 aromatic carbocycles. The summed E-state index contributed by atoms with van der Waals surface area (Å²) in [6.07, 6.45) is 0.823. The average Bonchev–Trinajstić information content (AvgIpc) is 2.76. The molecule has 96 valence electrons. The van der Waals surface area contributed by atoms with Crippen molar-refractivity contribution in [1.82, 2.24) is 4.98 Å². The molecule has 2 aromatic rings. The van der Waals surface area contributed by atoms with Gasteiger partial charge in [0.2, 0.25) is 0 Å². The van der Waals surface area contributed by atoms with Crippen LogP contribution in [0.3, 0.4) is 0 Å². The molecule has 1 heterocycles. The number of aliphatic hydroxyl groups excluding tert-OH is 1. The lowest BCUT2D eigenvalue weighted by Gasteiger charge is -2.10. The summed E-state index contributed by atoms with van der Waals surface area (Å²) >= 11 is 1.61. The molecule has 0 saturated heterocycles. The molecule has 1 unspecified atom stereocenters. The Morgan fingerprint density at radius 3 is 2.78 bits per heavy atom. The quantitative estimate of drug-likeness (QED) is 0.871. The Hall–Kier alpha value is -1.39. The number of thiazole rings is 1. The normalized spacial score (nSPS) is 12.3. The lowest BCUT2D eigenvalue weighted by molar-refractivity contribution is 0.138. The highest BCUT2D eigenvalue weighted by Crippen LogP contribution is 2.12. The maximum absolute atomic E-state index is 9.87. The van der Waals surface area contributed by atoms with Crippen LogP contribution in [0.5, 0.6) is 5.75 Å². The minimum Gasteiger partial charge on any atom is -0.493 e. The first-order valence-electron chi connectivity index (χ1n) is 6.01. The van der Waals surface area contributed by atoms with E-state index in [0.717, 1.165) is 16.5 Å². The van der Waals surface area contributed by atoms with Crippen molar-refractivity contribution in [3.8, 4) is 5.75 Å². The molecule has 0 aliphatic rings. The van der Waals surface area contributed by atoms with E-state index in [1.54, 1.807) is 11.3 Å². The maximum atomic E-state index is 9.87. The Bertz CT molecular complexity index is 470. The molecule has 0 aliphatic heterocycles. The van der Waals surface area contributed by atoms with Gasteiger partial charge < -0.3 is 9.84 Å². The van der Waals surface area contributed by atoms with Crippen molar-refractivity contribution in [3.05, 3.63) is 46.4 Å². The second kappa shape index (κ2) is 6.52. The molecule has 0 saturated carbocycles. The van der Waals surface area contributed by atoms with E-state index in [-0.39, 0.29) is 0 Å². The van der Waals surface area contributed by atoms with Gasteiger partial charge in [0.05, 0.1) is 23.4 Å². The molecule has 3 nitrogen and oxygen atoms in total. The van der Waals surface area contributed by atoms with Crippen molar-refractivity contribution in [2.75, 3.05) is 6.61 Å². The standard InChI is InChI=1S/C14H17NO2S/c1-11-15-12(10-18-11)9-13(16)7-8-17-14-5-3-2-4-6-14/h2-6,10,13,16H,7-9H2,1H3. The van der Waals surface area contributed by atoms with E-state index in [1.807, 2.05) is 42.6 Å². The Morgan fingerprint density at radius 2 is 2.11 bits per heavy atom. The smallest absolute Gasteiger partial charge is 0.119 e. The van der Waals surface area contributed by atoms with Crippen molar-refractivity contribution in [2.24, 2.45) is 0 Å². The van der Waals surface area contributed by atoms with E-state index in [0.29, 0.717) is 19.4 Å². The molecule has 0 aliphatic carbocycles. The van der Waals surface area contributed by atoms with Gasteiger partial charge >= 0.3 is 0 Å². The first kappa shape index (κ1) is 13.1. The lowest BCUT2D eigenvalue weighted by Crippen LogP contribution is -2.15. The van der Waals surface area contributed by atoms with Crippen LogP contribution in [0.2, 0.25) is 0 Å². The summed E-state index contributed by atoms with van der Waals surface area (Å²) in [6.45, 7) is 2.49. The third kappa shape index (κ3) is 4.13. The minimum absolute atomic E-state index is 0.393. The summed E-state index contributed by atoms with van der Waals surface area (Å²) in [6, 6.07) is 9.65. The van der Waals surface area contributed by atoms with Crippen molar-refractivity contribution in [3.63, 3.8) is 0 Å². The highest BCUT2D eigenvalue weighted by molar-refractivity contribution is 7.09. The first-order valence-corrected chi connectivity index (χ1v) is 6.89. The summed E-state index contributed by atoms with van der Waals surface area (Å²) in [7, 11) is 0. The van der Waals surface area contributed by atoms with Gasteiger partial charge in [-0.3, -0.25) is 0 Å². The number of aromatic nitrogens is 1. The van der Waals surface area contributed by atoms with E-state index < -0.39 is 6.10 Å². The van der Waals surface area contributed by atoms with Crippen LogP contribution < -0.4 is 4.74 Å². The van der Waals surface area contributed by atoms with Crippen LogP contribution in [0.4, 0.5) is 0 Å². The number of rotatable bonds is 6. The summed E-state index contributed by atoms with van der Waals surface area (Å²) in [5.74, 6) is 0.842. The summed E-state index contributed by atoms with van der Waals surface area (Å²) in [4.78, 5) is 4.33. The lowest BCUT2D eigenvalue weighted by atomic mass is 10.1. The molecule has 0 radical (unpaired) electrons. The van der Waals surface area contributed by atoms with Gasteiger partial charge in [-0.25, -0.2) is 4.98 Å². The van der Waals surface area contributed by atoms with Gasteiger partial charge in [0.1, 0.15) is 5.75 Å². The Morgan fingerprint density at radius 1 is 1.33 bits per heavy atom. The van der Waals surface area contributed by atoms with Crippen LogP contribution in [-0.4, -0.2) is 22.8 Å². The predicted octanol–water partition coefficient (Wildman–Crippen LogP) is 2.82. The zero-order chi connectivity index (χ0) is 12.8. The molecule has 0 bridgehead atoms. The van der Waals surface area contributed by atoms with Crippen molar-refractivity contribution < 1.29 is 9.84 Å². The van der Waals surface area contributed by atoms with E-state index in [2.05, 4.69) is 4.98 Å². The van der Waals surface area contributed by atoms with Crippen LogP contribution >= 0.6 is 11.3 Å². The molecular formula is C14H17NO2S. The molecule has 1 N–H and O–H groups in total. The average molecular weight is 263 g/mol. The third-order valence-corrected chi connectivity index (χ3v) is 3.40. The first-order chi connectivity index (χ1) is 8.74. The van der Waals surface area contributed by atoms with Gasteiger partial charge in [0.15, 0.2) is 0 Å². The fourth-order valence-electron chi connectivity index (χ4n) is 1.68. The summed E-state index contributed by atoms with van der Waals surface area (Å²) in [5.41, 5.74) is 0.963. The Kier molecular flexibility index (Phi) is 4.73. The highest BCUT2D eigenvalue weighted by atomic mass is 32.1. The molecule has 1 aromatic heterocycles. The van der Waals surface area contributed by atoms with Gasteiger partial charge in [-0.1, -0.05) is 18.2 Å². The number of aryl methyl sites for hydroxylation is 1. The van der Waals surface area contributed by atoms with Crippen LogP contribution in [0, 0.1) is 6.92 Å². The van der Waals surface area contributed by atoms with E-state index in [1.165, 1.54) is 0 Å². The van der Waals surface area contributed by atoms with Crippen molar-refractivity contribution in [1.29, 1.82) is 0 Å². The molecule has 0 spiro atoms. The largest absolute Gasteiger partial charge is 0.493 e. The van der Waals surface area contributed by atoms with Gasteiger partial charge in [0, 0.05) is 18.2 Å². The van der Waals surface area contributed by atoms with Crippen molar-refractivity contribution in [2.45, 2.75) is 25.9 Å². The zero-order valence-corrected chi connectivity index (χ0v) is 11.2. The Balaban J connectivity index is 1.70. The predicted molar refractivity (Wildman–Crippen MR) is 73.1 cm³/mol. The second-order valence-electron chi connectivity index (χ2n) is 4.17. The van der Waals surface area contributed by atoms with Crippen LogP contribution in [0.1, 0.15) is 17.1 Å². The number of hydrogen-bond donors (Lipinski definition) is 1. The van der Waals surface area contributed by atoms with Crippen LogP contribution in [-0.2, 0) is 6.42 Å². The van der Waals surface area contributed by atoms with Gasteiger partial charge in [-0.05, 0) is 19.1 Å². The molecule has 18 heavy (non-hydrogen) atoms. The summed E-state index contributed by atoms with van der Waals surface area (Å²) in [5, 5.41) is 12.9. The van der Waals surface area contributed by atoms with E-state index in [9.17, 15) is 5.11 Å². The summed E-state index contributed by atoms with van der Waals surface area (Å²) < 4.78 is 5.54. The maximum Gasteiger partial charge on any atom is 0.119 e. The number of para-hydroxylation sites is 1. The minimum atomic E-state index is -0.393. The molecule has 2 rings (SSSR count). The molecule has 0 amide bonds. The van der Waals surface area contributed by atoms with Crippen LogP contribution in [0.25, 0.3) is 0 Å². The number of aliphatic hydroxyl groups is 1. The van der Waals surface area contributed by atoms with Crippen molar-refractivity contribution >= 4 is 11.3 Å². The highest BCUT2D eigenvalue weighted by Gasteiger charge is 2.08. The second-order valence-corrected chi connectivity index (χ2v) is 5.23. The SMILES string of the molecule is Cc1nc(CC(O)CCOc2ccccc2)cs1. The molecule has 1 atom stereocenters. The van der Waals surface area contributed by atoms with Gasteiger partial charge in [-0.2, -0.15) is 0 Å². The monoisotopic (exact) mass is 263 g/mol. The number of benzene rings is 1. The Labute approximate surface area is 111 Å². The number of ether oxygens (including phenoxy) is 1. The zero-order valence-electron chi connectivity index (χ0n) is 10.4. The molecule has 4 heteroatoms. The topological polar surface area (TPSA) is 42.4 Å². The third-order valence-electron chi connectivity index (χ3n) is 2.57. The fourth-order valence-corrected chi connectivity index (χ4v) is 2.30. The molecular weight excluding hydrogens is 246 g/mol.